The monoisotopic (exact) mass is 457 g/mol. The number of carbonyl (C=O) groups excluding carboxylic acids is 1. The van der Waals surface area contributed by atoms with E-state index in [4.69, 9.17) is 0 Å². The summed E-state index contributed by atoms with van der Waals surface area (Å²) >= 11 is 0. The van der Waals surface area contributed by atoms with Crippen molar-refractivity contribution in [3.05, 3.63) is 109 Å². The normalized spacial score (nSPS) is 14.7. The van der Waals surface area contributed by atoms with Crippen LogP contribution in [-0.4, -0.2) is 16.1 Å². The van der Waals surface area contributed by atoms with Crippen LogP contribution in [0.25, 0.3) is 33.3 Å². The summed E-state index contributed by atoms with van der Waals surface area (Å²) in [7, 11) is 0. The lowest BCUT2D eigenvalue weighted by Gasteiger charge is -2.28. The van der Waals surface area contributed by atoms with E-state index in [2.05, 4.69) is 64.0 Å². The van der Waals surface area contributed by atoms with Crippen LogP contribution in [0.1, 0.15) is 31.2 Å². The molecule has 5 aromatic rings. The highest BCUT2D eigenvalue weighted by Crippen LogP contribution is 2.42. The fourth-order valence-corrected chi connectivity index (χ4v) is 5.40. The van der Waals surface area contributed by atoms with Crippen LogP contribution in [0.4, 0.5) is 5.69 Å². The molecule has 4 heteroatoms. The number of fused-ring (bicyclic) bond motifs is 1. The van der Waals surface area contributed by atoms with Crippen molar-refractivity contribution in [1.82, 2.24) is 10.2 Å². The second-order valence-electron chi connectivity index (χ2n) is 9.39. The molecule has 0 atom stereocenters. The highest BCUT2D eigenvalue weighted by Gasteiger charge is 2.42. The Morgan fingerprint density at radius 2 is 1.37 bits per heavy atom. The molecule has 0 aliphatic heterocycles. The van der Waals surface area contributed by atoms with Gasteiger partial charge in [0.25, 0.3) is 0 Å². The van der Waals surface area contributed by atoms with Crippen LogP contribution in [-0.2, 0) is 10.2 Å². The van der Waals surface area contributed by atoms with Crippen molar-refractivity contribution in [2.75, 3.05) is 5.32 Å². The van der Waals surface area contributed by atoms with E-state index in [-0.39, 0.29) is 5.91 Å². The van der Waals surface area contributed by atoms with Crippen LogP contribution in [0.5, 0.6) is 0 Å². The van der Waals surface area contributed by atoms with E-state index in [1.54, 1.807) is 0 Å². The molecule has 0 bridgehead atoms. The van der Waals surface area contributed by atoms with Gasteiger partial charge in [0, 0.05) is 16.6 Å². The van der Waals surface area contributed by atoms with Crippen LogP contribution >= 0.6 is 0 Å². The standard InChI is InChI=1S/C31H27N3O/c35-30(31(19-7-8-20-31)25-11-5-2-6-12-25)32-26-17-18-28-27(21-26)29(34-33-28)24-15-13-23(14-16-24)22-9-3-1-4-10-22/h1-6,9-18,21H,7-8,19-20H2,(H,32,35)(H,33,34). The van der Waals surface area contributed by atoms with E-state index in [0.717, 1.165) is 59.1 Å². The Hall–Kier alpha value is -4.18. The van der Waals surface area contributed by atoms with Gasteiger partial charge < -0.3 is 5.32 Å². The summed E-state index contributed by atoms with van der Waals surface area (Å²) in [6.45, 7) is 0. The number of amides is 1. The number of carbonyl (C=O) groups is 1. The highest BCUT2D eigenvalue weighted by molar-refractivity contribution is 6.02. The van der Waals surface area contributed by atoms with Gasteiger partial charge in [-0.05, 0) is 47.7 Å². The minimum Gasteiger partial charge on any atom is -0.325 e. The van der Waals surface area contributed by atoms with Crippen molar-refractivity contribution in [3.8, 4) is 22.4 Å². The molecule has 4 nitrogen and oxygen atoms in total. The molecule has 0 unspecified atom stereocenters. The quantitative estimate of drug-likeness (QED) is 0.290. The Bertz CT molecular complexity index is 1460. The minimum absolute atomic E-state index is 0.0813. The topological polar surface area (TPSA) is 57.8 Å². The summed E-state index contributed by atoms with van der Waals surface area (Å²) in [4.78, 5) is 13.6. The van der Waals surface area contributed by atoms with E-state index < -0.39 is 5.41 Å². The van der Waals surface area contributed by atoms with E-state index in [0.29, 0.717) is 0 Å². The van der Waals surface area contributed by atoms with Gasteiger partial charge in [-0.1, -0.05) is 97.8 Å². The average molecular weight is 458 g/mol. The molecule has 1 saturated carbocycles. The number of anilines is 1. The summed E-state index contributed by atoms with van der Waals surface area (Å²) < 4.78 is 0. The molecule has 1 aliphatic carbocycles. The van der Waals surface area contributed by atoms with Gasteiger partial charge in [-0.25, -0.2) is 0 Å². The molecular formula is C31H27N3O. The average Bonchev–Trinajstić information content (AvgIpc) is 3.58. The van der Waals surface area contributed by atoms with Gasteiger partial charge >= 0.3 is 0 Å². The number of aromatic amines is 1. The minimum atomic E-state index is -0.456. The van der Waals surface area contributed by atoms with Gasteiger partial charge in [-0.15, -0.1) is 0 Å². The third-order valence-corrected chi connectivity index (χ3v) is 7.30. The molecule has 4 aromatic carbocycles. The van der Waals surface area contributed by atoms with Gasteiger partial charge in [0.05, 0.1) is 16.6 Å². The lowest BCUT2D eigenvalue weighted by Crippen LogP contribution is -2.37. The first-order valence-electron chi connectivity index (χ1n) is 12.2. The Morgan fingerprint density at radius 3 is 2.09 bits per heavy atom. The van der Waals surface area contributed by atoms with E-state index in [9.17, 15) is 4.79 Å². The number of H-pyrrole nitrogens is 1. The van der Waals surface area contributed by atoms with Gasteiger partial charge in [0.1, 0.15) is 0 Å². The third kappa shape index (κ3) is 3.91. The molecular weight excluding hydrogens is 430 g/mol. The van der Waals surface area contributed by atoms with Crippen LogP contribution in [0.2, 0.25) is 0 Å². The van der Waals surface area contributed by atoms with Gasteiger partial charge in [0.2, 0.25) is 5.91 Å². The van der Waals surface area contributed by atoms with Crippen LogP contribution < -0.4 is 5.32 Å². The van der Waals surface area contributed by atoms with Crippen LogP contribution in [0.3, 0.4) is 0 Å². The first kappa shape index (κ1) is 21.4. The van der Waals surface area contributed by atoms with Crippen molar-refractivity contribution in [2.24, 2.45) is 0 Å². The maximum Gasteiger partial charge on any atom is 0.235 e. The molecule has 1 heterocycles. The van der Waals surface area contributed by atoms with Gasteiger partial charge in [0.15, 0.2) is 0 Å². The SMILES string of the molecule is O=C(Nc1ccc2[nH]nc(-c3ccc(-c4ccccc4)cc3)c2c1)C1(c2ccccc2)CCCC1. The third-order valence-electron chi connectivity index (χ3n) is 7.30. The summed E-state index contributed by atoms with van der Waals surface area (Å²) in [5, 5.41) is 12.0. The Kier molecular flexibility index (Phi) is 5.42. The van der Waals surface area contributed by atoms with Crippen molar-refractivity contribution < 1.29 is 4.79 Å². The van der Waals surface area contributed by atoms with Crippen molar-refractivity contribution >= 4 is 22.5 Å². The fraction of sp³-hybridized carbons (Fsp3) is 0.161. The molecule has 1 aromatic heterocycles. The lowest BCUT2D eigenvalue weighted by atomic mass is 9.78. The van der Waals surface area contributed by atoms with E-state index in [1.807, 2.05) is 54.6 Å². The van der Waals surface area contributed by atoms with E-state index >= 15 is 0 Å². The number of hydrogen-bond acceptors (Lipinski definition) is 2. The zero-order valence-electron chi connectivity index (χ0n) is 19.5. The second kappa shape index (κ2) is 8.88. The van der Waals surface area contributed by atoms with Gasteiger partial charge in [-0.3, -0.25) is 9.89 Å². The molecule has 0 saturated heterocycles. The van der Waals surface area contributed by atoms with Crippen molar-refractivity contribution in [1.29, 1.82) is 0 Å². The fourth-order valence-electron chi connectivity index (χ4n) is 5.40. The maximum atomic E-state index is 13.6. The number of hydrogen-bond donors (Lipinski definition) is 2. The van der Waals surface area contributed by atoms with Crippen LogP contribution in [0, 0.1) is 0 Å². The molecule has 0 radical (unpaired) electrons. The lowest BCUT2D eigenvalue weighted by molar-refractivity contribution is -0.121. The zero-order valence-corrected chi connectivity index (χ0v) is 19.5. The first-order chi connectivity index (χ1) is 17.2. The predicted octanol–water partition coefficient (Wildman–Crippen LogP) is 7.35. The Labute approximate surface area is 205 Å². The zero-order chi connectivity index (χ0) is 23.7. The second-order valence-corrected chi connectivity index (χ2v) is 9.39. The highest BCUT2D eigenvalue weighted by atomic mass is 16.2. The number of aromatic nitrogens is 2. The number of nitrogens with zero attached hydrogens (tertiary/aromatic N) is 1. The molecule has 1 aliphatic rings. The molecule has 1 fully saturated rings. The summed E-state index contributed by atoms with van der Waals surface area (Å²) in [5.41, 5.74) is 6.68. The molecule has 0 spiro atoms. The molecule has 172 valence electrons. The van der Waals surface area contributed by atoms with Gasteiger partial charge in [-0.2, -0.15) is 5.10 Å². The molecule has 6 rings (SSSR count). The largest absolute Gasteiger partial charge is 0.325 e. The molecule has 35 heavy (non-hydrogen) atoms. The summed E-state index contributed by atoms with van der Waals surface area (Å²) in [6, 6.07) is 35.0. The number of benzene rings is 4. The number of nitrogens with one attached hydrogen (secondary N) is 2. The Balaban J connectivity index is 1.30. The summed E-state index contributed by atoms with van der Waals surface area (Å²) in [5.74, 6) is 0.0813. The Morgan fingerprint density at radius 1 is 0.743 bits per heavy atom. The smallest absolute Gasteiger partial charge is 0.235 e. The van der Waals surface area contributed by atoms with Crippen molar-refractivity contribution in [2.45, 2.75) is 31.1 Å². The number of rotatable bonds is 5. The molecule has 2 N–H and O–H groups in total. The predicted molar refractivity (Wildman–Crippen MR) is 142 cm³/mol. The van der Waals surface area contributed by atoms with Crippen molar-refractivity contribution in [3.63, 3.8) is 0 Å². The summed E-state index contributed by atoms with van der Waals surface area (Å²) in [6.07, 6.45) is 3.92. The first-order valence-corrected chi connectivity index (χ1v) is 12.2. The van der Waals surface area contributed by atoms with E-state index in [1.165, 1.54) is 11.1 Å². The maximum absolute atomic E-state index is 13.6. The molecule has 1 amide bonds. The van der Waals surface area contributed by atoms with Crippen LogP contribution in [0.15, 0.2) is 103 Å².